The predicted octanol–water partition coefficient (Wildman–Crippen LogP) is 2.62. The van der Waals surface area contributed by atoms with Crippen LogP contribution < -0.4 is 0 Å². The van der Waals surface area contributed by atoms with Crippen LogP contribution in [-0.2, 0) is 4.79 Å². The average molecular weight is 320 g/mol. The summed E-state index contributed by atoms with van der Waals surface area (Å²) in [6, 6.07) is 4.50. The first-order valence-electron chi connectivity index (χ1n) is 7.64. The Labute approximate surface area is 134 Å². The summed E-state index contributed by atoms with van der Waals surface area (Å²) in [5, 5.41) is 19.8. The van der Waals surface area contributed by atoms with E-state index in [0.29, 0.717) is 30.6 Å². The molecule has 1 amide bonds. The van der Waals surface area contributed by atoms with E-state index in [1.165, 1.54) is 6.07 Å². The van der Waals surface area contributed by atoms with Crippen LogP contribution in [0.25, 0.3) is 0 Å². The van der Waals surface area contributed by atoms with Gasteiger partial charge in [0.05, 0.1) is 4.92 Å². The molecule has 1 aromatic rings. The molecule has 23 heavy (non-hydrogen) atoms. The Kier molecular flexibility index (Phi) is 5.31. The highest BCUT2D eigenvalue weighted by atomic mass is 16.6. The third-order valence-corrected chi connectivity index (χ3v) is 4.23. The topological polar surface area (TPSA) is 101 Å². The fourth-order valence-corrected chi connectivity index (χ4v) is 2.93. The summed E-state index contributed by atoms with van der Waals surface area (Å²) >= 11 is 0. The van der Waals surface area contributed by atoms with Crippen molar-refractivity contribution in [3.05, 3.63) is 39.4 Å². The second kappa shape index (κ2) is 7.21. The van der Waals surface area contributed by atoms with Crippen molar-refractivity contribution in [1.29, 1.82) is 0 Å². The molecule has 1 atom stereocenters. The minimum atomic E-state index is -0.831. The lowest BCUT2D eigenvalue weighted by atomic mass is 9.93. The molecule has 0 saturated carbocycles. The van der Waals surface area contributed by atoms with Crippen molar-refractivity contribution in [2.45, 2.75) is 32.6 Å². The van der Waals surface area contributed by atoms with Crippen LogP contribution in [0.4, 0.5) is 5.69 Å². The normalized spacial score (nSPS) is 17.8. The molecular formula is C16H20N2O5. The molecule has 1 N–H and O–H groups in total. The zero-order chi connectivity index (χ0) is 17.0. The molecule has 0 radical (unpaired) electrons. The third-order valence-electron chi connectivity index (χ3n) is 4.23. The van der Waals surface area contributed by atoms with Gasteiger partial charge in [0.15, 0.2) is 0 Å². The summed E-state index contributed by atoms with van der Waals surface area (Å²) in [5.74, 6) is -0.889. The molecule has 7 nitrogen and oxygen atoms in total. The van der Waals surface area contributed by atoms with Gasteiger partial charge in [-0.3, -0.25) is 19.7 Å². The predicted molar refractivity (Wildman–Crippen MR) is 83.3 cm³/mol. The number of carboxylic acids is 1. The fourth-order valence-electron chi connectivity index (χ4n) is 2.93. The van der Waals surface area contributed by atoms with Crippen LogP contribution in [0.1, 0.15) is 41.6 Å². The number of nitro benzene ring substituents is 1. The molecule has 124 valence electrons. The minimum absolute atomic E-state index is 0.0599. The fraction of sp³-hybridized carbons (Fsp3) is 0.500. The maximum atomic E-state index is 12.6. The standard InChI is InChI=1S/C16H20N2O5/c1-11-4-6-13(9-14(11)18(22)23)16(21)17-8-2-3-12(10-17)5-7-15(19)20/h4,6,9,12H,2-3,5,7-8,10H2,1H3,(H,19,20). The highest BCUT2D eigenvalue weighted by Gasteiger charge is 2.26. The van der Waals surface area contributed by atoms with E-state index in [2.05, 4.69) is 0 Å². The quantitative estimate of drug-likeness (QED) is 0.664. The Bertz CT molecular complexity index is 629. The van der Waals surface area contributed by atoms with Crippen LogP contribution in [-0.4, -0.2) is 39.9 Å². The van der Waals surface area contributed by atoms with E-state index in [1.807, 2.05) is 0 Å². The molecule has 0 bridgehead atoms. The minimum Gasteiger partial charge on any atom is -0.481 e. The monoisotopic (exact) mass is 320 g/mol. The van der Waals surface area contributed by atoms with Gasteiger partial charge in [0.1, 0.15) is 0 Å². The van der Waals surface area contributed by atoms with Crippen molar-refractivity contribution in [2.24, 2.45) is 5.92 Å². The average Bonchev–Trinajstić information content (AvgIpc) is 2.52. The van der Waals surface area contributed by atoms with E-state index >= 15 is 0 Å². The Morgan fingerprint density at radius 1 is 1.43 bits per heavy atom. The second-order valence-electron chi connectivity index (χ2n) is 5.95. The highest BCUT2D eigenvalue weighted by molar-refractivity contribution is 5.95. The van der Waals surface area contributed by atoms with Crippen molar-refractivity contribution in [3.8, 4) is 0 Å². The van der Waals surface area contributed by atoms with Crippen LogP contribution in [0, 0.1) is 23.0 Å². The molecular weight excluding hydrogens is 300 g/mol. The van der Waals surface area contributed by atoms with Gasteiger partial charge in [-0.15, -0.1) is 0 Å². The maximum absolute atomic E-state index is 12.6. The van der Waals surface area contributed by atoms with Gasteiger partial charge in [0.25, 0.3) is 11.6 Å². The summed E-state index contributed by atoms with van der Waals surface area (Å²) < 4.78 is 0. The first-order chi connectivity index (χ1) is 10.9. The number of rotatable bonds is 5. The van der Waals surface area contributed by atoms with Crippen LogP contribution in [0.3, 0.4) is 0 Å². The molecule has 1 heterocycles. The number of carboxylic acid groups (broad SMARTS) is 1. The summed E-state index contributed by atoms with van der Waals surface area (Å²) in [6.45, 7) is 2.74. The van der Waals surface area contributed by atoms with Gasteiger partial charge in [-0.25, -0.2) is 0 Å². The van der Waals surface area contributed by atoms with Crippen molar-refractivity contribution in [2.75, 3.05) is 13.1 Å². The Balaban J connectivity index is 2.09. The molecule has 0 aromatic heterocycles. The Morgan fingerprint density at radius 3 is 2.83 bits per heavy atom. The number of benzene rings is 1. The first kappa shape index (κ1) is 16.9. The lowest BCUT2D eigenvalue weighted by Gasteiger charge is -2.32. The summed E-state index contributed by atoms with van der Waals surface area (Å²) in [5.41, 5.74) is 0.765. The summed E-state index contributed by atoms with van der Waals surface area (Å²) in [7, 11) is 0. The highest BCUT2D eigenvalue weighted by Crippen LogP contribution is 2.24. The number of carbonyl (C=O) groups excluding carboxylic acids is 1. The molecule has 1 aliphatic rings. The third kappa shape index (κ3) is 4.28. The number of nitrogens with zero attached hydrogens (tertiary/aromatic N) is 2. The molecule has 1 aromatic carbocycles. The molecule has 7 heteroatoms. The molecule has 0 spiro atoms. The lowest BCUT2D eigenvalue weighted by Crippen LogP contribution is -2.40. The van der Waals surface area contributed by atoms with Crippen molar-refractivity contribution >= 4 is 17.6 Å². The largest absolute Gasteiger partial charge is 0.481 e. The summed E-state index contributed by atoms with van der Waals surface area (Å²) in [4.78, 5) is 35.4. The number of aliphatic carboxylic acids is 1. The summed E-state index contributed by atoms with van der Waals surface area (Å²) in [6.07, 6.45) is 2.38. The van der Waals surface area contributed by atoms with E-state index in [4.69, 9.17) is 5.11 Å². The number of aryl methyl sites for hydroxylation is 1. The molecule has 0 aliphatic carbocycles. The molecule has 1 fully saturated rings. The number of carbonyl (C=O) groups is 2. The van der Waals surface area contributed by atoms with E-state index in [9.17, 15) is 19.7 Å². The van der Waals surface area contributed by atoms with E-state index in [1.54, 1.807) is 24.0 Å². The van der Waals surface area contributed by atoms with Crippen molar-refractivity contribution in [3.63, 3.8) is 0 Å². The number of likely N-dealkylation sites (tertiary alicyclic amines) is 1. The van der Waals surface area contributed by atoms with Crippen LogP contribution in [0.15, 0.2) is 18.2 Å². The number of hydrogen-bond donors (Lipinski definition) is 1. The Morgan fingerprint density at radius 2 is 2.17 bits per heavy atom. The zero-order valence-electron chi connectivity index (χ0n) is 13.0. The van der Waals surface area contributed by atoms with Crippen molar-refractivity contribution in [1.82, 2.24) is 4.90 Å². The molecule has 1 aliphatic heterocycles. The maximum Gasteiger partial charge on any atom is 0.303 e. The number of hydrogen-bond acceptors (Lipinski definition) is 4. The number of piperidine rings is 1. The smallest absolute Gasteiger partial charge is 0.303 e. The van der Waals surface area contributed by atoms with Crippen LogP contribution in [0.2, 0.25) is 0 Å². The SMILES string of the molecule is Cc1ccc(C(=O)N2CCCC(CCC(=O)O)C2)cc1[N+](=O)[O-]. The first-order valence-corrected chi connectivity index (χ1v) is 7.64. The van der Waals surface area contributed by atoms with Gasteiger partial charge in [0.2, 0.25) is 0 Å². The zero-order valence-corrected chi connectivity index (χ0v) is 13.0. The molecule has 1 saturated heterocycles. The van der Waals surface area contributed by atoms with Crippen LogP contribution >= 0.6 is 0 Å². The Hall–Kier alpha value is -2.44. The van der Waals surface area contributed by atoms with E-state index in [-0.39, 0.29) is 23.9 Å². The van der Waals surface area contributed by atoms with Crippen molar-refractivity contribution < 1.29 is 19.6 Å². The molecule has 1 unspecified atom stereocenters. The second-order valence-corrected chi connectivity index (χ2v) is 5.95. The number of amides is 1. The van der Waals surface area contributed by atoms with Gasteiger partial charge >= 0.3 is 5.97 Å². The van der Waals surface area contributed by atoms with Gasteiger partial charge in [-0.1, -0.05) is 6.07 Å². The lowest BCUT2D eigenvalue weighted by molar-refractivity contribution is -0.385. The van der Waals surface area contributed by atoms with E-state index in [0.717, 1.165) is 12.8 Å². The van der Waals surface area contributed by atoms with Crippen LogP contribution in [0.5, 0.6) is 0 Å². The molecule has 2 rings (SSSR count). The van der Waals surface area contributed by atoms with Gasteiger partial charge < -0.3 is 10.0 Å². The van der Waals surface area contributed by atoms with E-state index < -0.39 is 10.9 Å². The van der Waals surface area contributed by atoms with Gasteiger partial charge in [0, 0.05) is 36.7 Å². The number of nitro groups is 1. The van der Waals surface area contributed by atoms with Gasteiger partial charge in [-0.05, 0) is 38.2 Å². The van der Waals surface area contributed by atoms with Gasteiger partial charge in [-0.2, -0.15) is 0 Å².